The van der Waals surface area contributed by atoms with Crippen molar-refractivity contribution in [3.05, 3.63) is 40.9 Å². The second-order valence-corrected chi connectivity index (χ2v) is 5.87. The van der Waals surface area contributed by atoms with Gasteiger partial charge in [-0.25, -0.2) is 4.79 Å². The highest BCUT2D eigenvalue weighted by molar-refractivity contribution is 9.10. The predicted molar refractivity (Wildman–Crippen MR) is 82.7 cm³/mol. The van der Waals surface area contributed by atoms with Crippen LogP contribution in [0.2, 0.25) is 0 Å². The molecule has 1 heterocycles. The van der Waals surface area contributed by atoms with Gasteiger partial charge in [-0.2, -0.15) is 0 Å². The number of carboxylic acids is 1. The van der Waals surface area contributed by atoms with Crippen LogP contribution >= 0.6 is 15.9 Å². The van der Waals surface area contributed by atoms with Gasteiger partial charge in [0.15, 0.2) is 6.10 Å². The first-order chi connectivity index (χ1) is 10.1. The third kappa shape index (κ3) is 3.04. The Morgan fingerprint density at radius 2 is 2.10 bits per heavy atom. The maximum absolute atomic E-state index is 10.8. The molecule has 1 N–H and O–H groups in total. The smallest absolute Gasteiger partial charge is 0.332 e. The number of benzene rings is 2. The fraction of sp³-hybridized carbons (Fsp3) is 0.312. The van der Waals surface area contributed by atoms with E-state index in [1.54, 1.807) is 0 Å². The standard InChI is InChI=1S/C16H15BrO4/c17-15-12-4-2-1-3-10(12)5-7-13(15)20-9-11-6-8-14(21-11)16(18)19/h1-5,7,11,14H,6,8-9H2,(H,18,19). The van der Waals surface area contributed by atoms with Crippen molar-refractivity contribution in [2.24, 2.45) is 0 Å². The summed E-state index contributed by atoms with van der Waals surface area (Å²) in [6.45, 7) is 0.362. The van der Waals surface area contributed by atoms with Crippen LogP contribution in [0.1, 0.15) is 12.8 Å². The third-order valence-electron chi connectivity index (χ3n) is 3.64. The van der Waals surface area contributed by atoms with Gasteiger partial charge in [0.2, 0.25) is 0 Å². The molecule has 1 aliphatic rings. The Labute approximate surface area is 130 Å². The Balaban J connectivity index is 1.69. The van der Waals surface area contributed by atoms with E-state index in [2.05, 4.69) is 15.9 Å². The fourth-order valence-corrected chi connectivity index (χ4v) is 3.13. The van der Waals surface area contributed by atoms with E-state index in [1.165, 1.54) is 0 Å². The van der Waals surface area contributed by atoms with Gasteiger partial charge in [-0.15, -0.1) is 0 Å². The quantitative estimate of drug-likeness (QED) is 0.914. The van der Waals surface area contributed by atoms with E-state index in [1.807, 2.05) is 36.4 Å². The van der Waals surface area contributed by atoms with Crippen molar-refractivity contribution < 1.29 is 19.4 Å². The monoisotopic (exact) mass is 350 g/mol. The molecule has 2 aromatic carbocycles. The Morgan fingerprint density at radius 3 is 2.86 bits per heavy atom. The van der Waals surface area contributed by atoms with E-state index < -0.39 is 12.1 Å². The van der Waals surface area contributed by atoms with Crippen molar-refractivity contribution >= 4 is 32.7 Å². The maximum atomic E-state index is 10.8. The molecule has 110 valence electrons. The molecule has 1 aliphatic heterocycles. The van der Waals surface area contributed by atoms with Crippen LogP contribution in [0.4, 0.5) is 0 Å². The molecule has 2 atom stereocenters. The number of aliphatic carboxylic acids is 1. The number of hydrogen-bond donors (Lipinski definition) is 1. The molecule has 0 amide bonds. The maximum Gasteiger partial charge on any atom is 0.332 e. The number of carbonyl (C=O) groups is 1. The van der Waals surface area contributed by atoms with Crippen LogP contribution in [0.5, 0.6) is 5.75 Å². The summed E-state index contributed by atoms with van der Waals surface area (Å²) in [6, 6.07) is 12.0. The molecular weight excluding hydrogens is 336 g/mol. The number of carboxylic acid groups (broad SMARTS) is 1. The van der Waals surface area contributed by atoms with Gasteiger partial charge in [-0.05, 0) is 45.6 Å². The van der Waals surface area contributed by atoms with Crippen LogP contribution in [0.25, 0.3) is 10.8 Å². The number of hydrogen-bond acceptors (Lipinski definition) is 3. The minimum absolute atomic E-state index is 0.163. The molecule has 2 aromatic rings. The minimum Gasteiger partial charge on any atom is -0.490 e. The number of ether oxygens (including phenoxy) is 2. The first-order valence-corrected chi connectivity index (χ1v) is 7.63. The predicted octanol–water partition coefficient (Wildman–Crippen LogP) is 3.61. The molecule has 2 unspecified atom stereocenters. The number of fused-ring (bicyclic) bond motifs is 1. The average Bonchev–Trinajstić information content (AvgIpc) is 2.96. The summed E-state index contributed by atoms with van der Waals surface area (Å²) < 4.78 is 12.1. The van der Waals surface area contributed by atoms with Crippen molar-refractivity contribution in [3.8, 4) is 5.75 Å². The van der Waals surface area contributed by atoms with E-state index in [0.717, 1.165) is 21.0 Å². The molecule has 4 nitrogen and oxygen atoms in total. The molecule has 21 heavy (non-hydrogen) atoms. The largest absolute Gasteiger partial charge is 0.490 e. The zero-order chi connectivity index (χ0) is 14.8. The first-order valence-electron chi connectivity index (χ1n) is 6.83. The molecule has 5 heteroatoms. The van der Waals surface area contributed by atoms with E-state index >= 15 is 0 Å². The lowest BCUT2D eigenvalue weighted by molar-refractivity contribution is -0.149. The van der Waals surface area contributed by atoms with E-state index in [9.17, 15) is 4.79 Å². The van der Waals surface area contributed by atoms with Crippen molar-refractivity contribution in [3.63, 3.8) is 0 Å². The summed E-state index contributed by atoms with van der Waals surface area (Å²) >= 11 is 3.57. The Kier molecular flexibility index (Phi) is 4.12. The van der Waals surface area contributed by atoms with Gasteiger partial charge < -0.3 is 14.6 Å². The van der Waals surface area contributed by atoms with Gasteiger partial charge in [0.25, 0.3) is 0 Å². The Hall–Kier alpha value is -1.59. The highest BCUT2D eigenvalue weighted by Gasteiger charge is 2.30. The van der Waals surface area contributed by atoms with Crippen LogP contribution in [0.3, 0.4) is 0 Å². The van der Waals surface area contributed by atoms with Gasteiger partial charge in [0.05, 0.1) is 10.6 Å². The van der Waals surface area contributed by atoms with Gasteiger partial charge in [-0.1, -0.05) is 30.3 Å². The van der Waals surface area contributed by atoms with Crippen molar-refractivity contribution in [1.29, 1.82) is 0 Å². The lowest BCUT2D eigenvalue weighted by Crippen LogP contribution is -2.23. The molecule has 1 fully saturated rings. The lowest BCUT2D eigenvalue weighted by Gasteiger charge is -2.14. The lowest BCUT2D eigenvalue weighted by atomic mass is 10.1. The number of halogens is 1. The molecule has 1 saturated heterocycles. The third-order valence-corrected chi connectivity index (χ3v) is 4.45. The minimum atomic E-state index is -0.899. The zero-order valence-corrected chi connectivity index (χ0v) is 12.9. The van der Waals surface area contributed by atoms with Crippen LogP contribution in [-0.2, 0) is 9.53 Å². The SMILES string of the molecule is O=C(O)C1CCC(COc2ccc3ccccc3c2Br)O1. The average molecular weight is 351 g/mol. The molecular formula is C16H15BrO4. The Morgan fingerprint density at radius 1 is 1.29 bits per heavy atom. The normalized spacial score (nSPS) is 21.6. The fourth-order valence-electron chi connectivity index (χ4n) is 2.52. The molecule has 0 saturated carbocycles. The van der Waals surface area contributed by atoms with Crippen molar-refractivity contribution in [2.45, 2.75) is 25.0 Å². The topological polar surface area (TPSA) is 55.8 Å². The summed E-state index contributed by atoms with van der Waals surface area (Å²) in [5, 5.41) is 11.1. The molecule has 0 aromatic heterocycles. The van der Waals surface area contributed by atoms with Crippen LogP contribution < -0.4 is 4.74 Å². The summed E-state index contributed by atoms with van der Waals surface area (Å²) in [7, 11) is 0. The molecule has 0 aliphatic carbocycles. The van der Waals surface area contributed by atoms with E-state index in [4.69, 9.17) is 14.6 Å². The molecule has 0 spiro atoms. The molecule has 3 rings (SSSR count). The second kappa shape index (κ2) is 6.03. The highest BCUT2D eigenvalue weighted by Crippen LogP contribution is 2.33. The van der Waals surface area contributed by atoms with Crippen LogP contribution in [-0.4, -0.2) is 29.9 Å². The second-order valence-electron chi connectivity index (χ2n) is 5.07. The molecule has 0 radical (unpaired) electrons. The van der Waals surface area contributed by atoms with E-state index in [-0.39, 0.29) is 6.10 Å². The van der Waals surface area contributed by atoms with Gasteiger partial charge in [0.1, 0.15) is 12.4 Å². The number of rotatable bonds is 4. The van der Waals surface area contributed by atoms with Crippen molar-refractivity contribution in [2.75, 3.05) is 6.61 Å². The first kappa shape index (κ1) is 14.4. The highest BCUT2D eigenvalue weighted by atomic mass is 79.9. The summed E-state index contributed by atoms with van der Waals surface area (Å²) in [5.74, 6) is -0.152. The summed E-state index contributed by atoms with van der Waals surface area (Å²) in [4.78, 5) is 10.8. The van der Waals surface area contributed by atoms with Crippen molar-refractivity contribution in [1.82, 2.24) is 0 Å². The summed E-state index contributed by atoms with van der Waals surface area (Å²) in [6.07, 6.45) is 0.396. The van der Waals surface area contributed by atoms with E-state index in [0.29, 0.717) is 19.4 Å². The van der Waals surface area contributed by atoms with Crippen LogP contribution in [0, 0.1) is 0 Å². The van der Waals surface area contributed by atoms with Gasteiger partial charge in [-0.3, -0.25) is 0 Å². The molecule has 0 bridgehead atoms. The van der Waals surface area contributed by atoms with Gasteiger partial charge in [0, 0.05) is 0 Å². The Bertz CT molecular complexity index is 670. The summed E-state index contributed by atoms with van der Waals surface area (Å²) in [5.41, 5.74) is 0. The van der Waals surface area contributed by atoms with Gasteiger partial charge >= 0.3 is 5.97 Å². The van der Waals surface area contributed by atoms with Crippen LogP contribution in [0.15, 0.2) is 40.9 Å². The zero-order valence-electron chi connectivity index (χ0n) is 11.3.